The van der Waals surface area contributed by atoms with E-state index in [1.165, 1.54) is 12.1 Å². The van der Waals surface area contributed by atoms with Crippen molar-refractivity contribution in [1.29, 1.82) is 0 Å². The highest BCUT2D eigenvalue weighted by Crippen LogP contribution is 2.02. The second kappa shape index (κ2) is 11.8. The van der Waals surface area contributed by atoms with Crippen molar-refractivity contribution in [3.05, 3.63) is 35.6 Å². The van der Waals surface area contributed by atoms with Gasteiger partial charge in [0.05, 0.1) is 0 Å². The molecule has 1 rings (SSSR count). The van der Waals surface area contributed by atoms with Crippen molar-refractivity contribution < 1.29 is 9.18 Å². The Morgan fingerprint density at radius 2 is 1.79 bits per heavy atom. The summed E-state index contributed by atoms with van der Waals surface area (Å²) in [5.74, 6) is -0.292. The summed E-state index contributed by atoms with van der Waals surface area (Å²) in [6.07, 6.45) is 1.05. The van der Waals surface area contributed by atoms with Gasteiger partial charge in [-0.15, -0.1) is 0 Å². The predicted octanol–water partition coefficient (Wildman–Crippen LogP) is 3.62. The zero-order valence-corrected chi connectivity index (χ0v) is 9.38. The Morgan fingerprint density at radius 1 is 1.21 bits per heavy atom. The van der Waals surface area contributed by atoms with Crippen LogP contribution in [0.4, 0.5) is 4.39 Å². The first-order valence-electron chi connectivity index (χ1n) is 5.01. The lowest BCUT2D eigenvalue weighted by Crippen LogP contribution is -1.85. The number of carbonyl (C=O) groups is 1. The van der Waals surface area contributed by atoms with E-state index in [9.17, 15) is 9.18 Å². The van der Waals surface area contributed by atoms with Gasteiger partial charge in [-0.1, -0.05) is 39.8 Å². The van der Waals surface area contributed by atoms with Crippen LogP contribution in [0.5, 0.6) is 0 Å². The molecule has 0 N–H and O–H groups in total. The summed E-state index contributed by atoms with van der Waals surface area (Å²) in [7, 11) is 0. The normalized spacial score (nSPS) is 7.50. The van der Waals surface area contributed by atoms with Gasteiger partial charge in [0.2, 0.25) is 0 Å². The van der Waals surface area contributed by atoms with E-state index in [-0.39, 0.29) is 12.2 Å². The summed E-state index contributed by atoms with van der Waals surface area (Å²) in [6.45, 7) is 8.00. The number of halogens is 1. The molecule has 0 unspecified atom stereocenters. The van der Waals surface area contributed by atoms with Crippen LogP contribution in [0.15, 0.2) is 24.3 Å². The molecule has 0 spiro atoms. The van der Waals surface area contributed by atoms with E-state index in [2.05, 4.69) is 0 Å². The number of hydrogen-bond donors (Lipinski definition) is 0. The number of benzene rings is 1. The molecule has 14 heavy (non-hydrogen) atoms. The molecule has 2 heteroatoms. The highest BCUT2D eigenvalue weighted by molar-refractivity contribution is 5.54. The molecule has 0 amide bonds. The van der Waals surface area contributed by atoms with Gasteiger partial charge in [-0.25, -0.2) is 4.39 Å². The van der Waals surface area contributed by atoms with Gasteiger partial charge in [0.15, 0.2) is 0 Å². The maximum Gasteiger partial charge on any atom is 0.124 e. The van der Waals surface area contributed by atoms with E-state index in [0.717, 1.165) is 11.8 Å². The monoisotopic (exact) mass is 198 g/mol. The lowest BCUT2D eigenvalue weighted by Gasteiger charge is -1.92. The van der Waals surface area contributed by atoms with Crippen LogP contribution in [0.1, 0.15) is 33.3 Å². The zero-order valence-electron chi connectivity index (χ0n) is 9.38. The first-order chi connectivity index (χ1) is 6.83. The molecule has 0 radical (unpaired) electrons. The SMILES string of the molecule is CC.CC.O=CCc1cccc(F)c1. The molecular formula is C12H19FO. The van der Waals surface area contributed by atoms with Crippen LogP contribution >= 0.6 is 0 Å². The van der Waals surface area contributed by atoms with Crippen molar-refractivity contribution in [3.63, 3.8) is 0 Å². The van der Waals surface area contributed by atoms with Crippen LogP contribution in [-0.2, 0) is 11.2 Å². The quantitative estimate of drug-likeness (QED) is 0.663. The highest BCUT2D eigenvalue weighted by Gasteiger charge is 1.91. The van der Waals surface area contributed by atoms with Crippen molar-refractivity contribution in [2.45, 2.75) is 34.1 Å². The van der Waals surface area contributed by atoms with Crippen molar-refractivity contribution >= 4 is 6.29 Å². The van der Waals surface area contributed by atoms with Gasteiger partial charge in [-0.2, -0.15) is 0 Å². The van der Waals surface area contributed by atoms with Gasteiger partial charge in [-0.05, 0) is 17.7 Å². The van der Waals surface area contributed by atoms with Crippen molar-refractivity contribution in [2.75, 3.05) is 0 Å². The van der Waals surface area contributed by atoms with E-state index in [4.69, 9.17) is 0 Å². The fraction of sp³-hybridized carbons (Fsp3) is 0.417. The fourth-order valence-electron chi connectivity index (χ4n) is 0.760. The fourth-order valence-corrected chi connectivity index (χ4v) is 0.760. The first-order valence-corrected chi connectivity index (χ1v) is 5.01. The van der Waals surface area contributed by atoms with Gasteiger partial charge in [0.25, 0.3) is 0 Å². The molecule has 0 aromatic heterocycles. The lowest BCUT2D eigenvalue weighted by atomic mass is 10.2. The summed E-state index contributed by atoms with van der Waals surface area (Å²) in [4.78, 5) is 9.96. The minimum Gasteiger partial charge on any atom is -0.303 e. The Hall–Kier alpha value is -1.18. The summed E-state index contributed by atoms with van der Waals surface area (Å²) >= 11 is 0. The maximum absolute atomic E-state index is 12.4. The third-order valence-corrected chi connectivity index (χ3v) is 1.21. The summed E-state index contributed by atoms with van der Waals surface area (Å²) < 4.78 is 12.4. The molecule has 1 aromatic rings. The zero-order chi connectivity index (χ0) is 11.4. The molecule has 0 saturated heterocycles. The largest absolute Gasteiger partial charge is 0.303 e. The topological polar surface area (TPSA) is 17.1 Å². The summed E-state index contributed by atoms with van der Waals surface area (Å²) in [6, 6.07) is 6.02. The average Bonchev–Trinajstić information content (AvgIpc) is 2.24. The molecular weight excluding hydrogens is 179 g/mol. The Morgan fingerprint density at radius 3 is 2.21 bits per heavy atom. The number of hydrogen-bond acceptors (Lipinski definition) is 1. The minimum absolute atomic E-state index is 0.289. The summed E-state index contributed by atoms with van der Waals surface area (Å²) in [5.41, 5.74) is 0.718. The van der Waals surface area contributed by atoms with Crippen molar-refractivity contribution in [1.82, 2.24) is 0 Å². The Labute approximate surface area is 86.0 Å². The molecule has 0 heterocycles. The Bertz CT molecular complexity index is 234. The van der Waals surface area contributed by atoms with Crippen LogP contribution in [0.3, 0.4) is 0 Å². The number of carbonyl (C=O) groups excluding carboxylic acids is 1. The lowest BCUT2D eigenvalue weighted by molar-refractivity contribution is -0.107. The molecule has 0 aliphatic heterocycles. The van der Waals surface area contributed by atoms with Gasteiger partial charge < -0.3 is 4.79 Å². The molecule has 0 bridgehead atoms. The van der Waals surface area contributed by atoms with Gasteiger partial charge in [0.1, 0.15) is 12.1 Å². The smallest absolute Gasteiger partial charge is 0.124 e. The third-order valence-electron chi connectivity index (χ3n) is 1.21. The predicted molar refractivity (Wildman–Crippen MR) is 58.9 cm³/mol. The summed E-state index contributed by atoms with van der Waals surface area (Å²) in [5, 5.41) is 0. The van der Waals surface area contributed by atoms with E-state index >= 15 is 0 Å². The van der Waals surface area contributed by atoms with Gasteiger partial charge in [-0.3, -0.25) is 0 Å². The molecule has 1 nitrogen and oxygen atoms in total. The minimum atomic E-state index is -0.292. The van der Waals surface area contributed by atoms with Crippen molar-refractivity contribution in [2.24, 2.45) is 0 Å². The molecule has 0 aliphatic carbocycles. The van der Waals surface area contributed by atoms with Crippen LogP contribution in [0.25, 0.3) is 0 Å². The standard InChI is InChI=1S/C8H7FO.2C2H6/c9-8-3-1-2-7(6-8)4-5-10;2*1-2/h1-3,5-6H,4H2;2*1-2H3. The van der Waals surface area contributed by atoms with Crippen LogP contribution in [0.2, 0.25) is 0 Å². The van der Waals surface area contributed by atoms with Crippen LogP contribution < -0.4 is 0 Å². The van der Waals surface area contributed by atoms with E-state index in [0.29, 0.717) is 0 Å². The molecule has 0 fully saturated rings. The second-order valence-electron chi connectivity index (χ2n) is 2.00. The Balaban J connectivity index is 0. The van der Waals surface area contributed by atoms with Crippen molar-refractivity contribution in [3.8, 4) is 0 Å². The van der Waals surface area contributed by atoms with Crippen LogP contribution in [-0.4, -0.2) is 6.29 Å². The average molecular weight is 198 g/mol. The molecule has 0 aliphatic rings. The molecule has 0 saturated carbocycles. The Kier molecular flexibility index (Phi) is 12.9. The maximum atomic E-state index is 12.4. The van der Waals surface area contributed by atoms with E-state index in [1.54, 1.807) is 12.1 Å². The second-order valence-corrected chi connectivity index (χ2v) is 2.00. The number of rotatable bonds is 2. The molecule has 80 valence electrons. The van der Waals surface area contributed by atoms with E-state index in [1.807, 2.05) is 27.7 Å². The van der Waals surface area contributed by atoms with Crippen LogP contribution in [0, 0.1) is 5.82 Å². The molecule has 1 aromatic carbocycles. The van der Waals surface area contributed by atoms with Gasteiger partial charge in [0, 0.05) is 6.42 Å². The third kappa shape index (κ3) is 7.47. The van der Waals surface area contributed by atoms with E-state index < -0.39 is 0 Å². The van der Waals surface area contributed by atoms with Gasteiger partial charge >= 0.3 is 0 Å². The first kappa shape index (κ1) is 15.3. The highest BCUT2D eigenvalue weighted by atomic mass is 19.1. The number of aldehydes is 1. The molecule has 0 atom stereocenters.